The molecular weight excluding hydrogens is 250 g/mol. The third-order valence-corrected chi connectivity index (χ3v) is 2.73. The Morgan fingerprint density at radius 3 is 2.00 bits per heavy atom. The normalized spacial score (nSPS) is 11.1. The lowest BCUT2D eigenvalue weighted by atomic mass is 10.0. The molecule has 0 radical (unpaired) electrons. The summed E-state index contributed by atoms with van der Waals surface area (Å²) in [6.45, 7) is 0.442. The fourth-order valence-electron chi connectivity index (χ4n) is 1.77. The molecule has 0 bridgehead atoms. The fourth-order valence-corrected chi connectivity index (χ4v) is 1.77. The van der Waals surface area contributed by atoms with Gasteiger partial charge in [0.05, 0.1) is 6.54 Å². The first-order valence-corrected chi connectivity index (χ1v) is 6.19. The number of nitrogens with two attached hydrogens (primary N) is 3. The Morgan fingerprint density at radius 2 is 1.40 bits per heavy atom. The summed E-state index contributed by atoms with van der Waals surface area (Å²) in [6.07, 6.45) is 0. The third-order valence-electron chi connectivity index (χ3n) is 2.73. The van der Waals surface area contributed by atoms with Gasteiger partial charge in [-0.15, -0.1) is 0 Å². The Balaban J connectivity index is 2.08. The topological polar surface area (TPSA) is 103 Å². The van der Waals surface area contributed by atoms with Crippen LogP contribution in [0.25, 0.3) is 11.1 Å². The highest BCUT2D eigenvalue weighted by Crippen LogP contribution is 2.19. The number of aliphatic imine (C=N–C) groups is 2. The number of hydrogen-bond donors (Lipinski definition) is 3. The van der Waals surface area contributed by atoms with E-state index in [1.54, 1.807) is 0 Å². The van der Waals surface area contributed by atoms with E-state index >= 15 is 0 Å². The molecule has 102 valence electrons. The molecule has 0 aromatic heterocycles. The first-order valence-electron chi connectivity index (χ1n) is 6.19. The molecule has 0 fully saturated rings. The summed E-state index contributed by atoms with van der Waals surface area (Å²) >= 11 is 0. The molecular formula is C15H17N5. The SMILES string of the molecule is NC(N)=NC(N)=NCc1ccc(-c2ccccc2)cc1. The van der Waals surface area contributed by atoms with Crippen LogP contribution >= 0.6 is 0 Å². The van der Waals surface area contributed by atoms with Crippen molar-refractivity contribution in [3.8, 4) is 11.1 Å². The van der Waals surface area contributed by atoms with Crippen molar-refractivity contribution in [2.24, 2.45) is 27.2 Å². The molecule has 20 heavy (non-hydrogen) atoms. The maximum absolute atomic E-state index is 5.55. The monoisotopic (exact) mass is 267 g/mol. The minimum Gasteiger partial charge on any atom is -0.370 e. The fraction of sp³-hybridized carbons (Fsp3) is 0.0667. The summed E-state index contributed by atoms with van der Waals surface area (Å²) in [5.74, 6) is -0.0113. The summed E-state index contributed by atoms with van der Waals surface area (Å²) in [5.41, 5.74) is 19.4. The number of rotatable bonds is 3. The maximum atomic E-state index is 5.55. The zero-order valence-corrected chi connectivity index (χ0v) is 11.0. The second-order valence-corrected chi connectivity index (χ2v) is 4.27. The minimum atomic E-state index is -0.0920. The van der Waals surface area contributed by atoms with Crippen LogP contribution < -0.4 is 17.2 Å². The van der Waals surface area contributed by atoms with E-state index < -0.39 is 0 Å². The van der Waals surface area contributed by atoms with Crippen molar-refractivity contribution in [1.29, 1.82) is 0 Å². The van der Waals surface area contributed by atoms with E-state index in [9.17, 15) is 0 Å². The second kappa shape index (κ2) is 6.38. The Labute approximate surface area is 117 Å². The van der Waals surface area contributed by atoms with Crippen LogP contribution in [0.4, 0.5) is 0 Å². The molecule has 0 spiro atoms. The van der Waals surface area contributed by atoms with Gasteiger partial charge in [-0.2, -0.15) is 4.99 Å². The van der Waals surface area contributed by atoms with Crippen LogP contribution in [0, 0.1) is 0 Å². The van der Waals surface area contributed by atoms with Gasteiger partial charge in [-0.1, -0.05) is 54.6 Å². The average Bonchev–Trinajstić information content (AvgIpc) is 2.46. The van der Waals surface area contributed by atoms with Gasteiger partial charge in [0.1, 0.15) is 0 Å². The first kappa shape index (κ1) is 13.6. The van der Waals surface area contributed by atoms with E-state index in [2.05, 4.69) is 34.3 Å². The van der Waals surface area contributed by atoms with Crippen molar-refractivity contribution in [2.45, 2.75) is 6.54 Å². The molecule has 2 rings (SSSR count). The molecule has 0 heterocycles. The molecule has 5 heteroatoms. The Morgan fingerprint density at radius 1 is 0.800 bits per heavy atom. The van der Waals surface area contributed by atoms with E-state index in [0.717, 1.165) is 11.1 Å². The zero-order valence-electron chi connectivity index (χ0n) is 11.0. The average molecular weight is 267 g/mol. The maximum Gasteiger partial charge on any atom is 0.218 e. The lowest BCUT2D eigenvalue weighted by molar-refractivity contribution is 1.05. The number of nitrogens with zero attached hydrogens (tertiary/aromatic N) is 2. The van der Waals surface area contributed by atoms with Gasteiger partial charge in [-0.3, -0.25) is 0 Å². The van der Waals surface area contributed by atoms with E-state index in [0.29, 0.717) is 6.54 Å². The molecule has 0 amide bonds. The summed E-state index contributed by atoms with van der Waals surface area (Å²) in [5, 5.41) is 0. The van der Waals surface area contributed by atoms with Gasteiger partial charge < -0.3 is 17.2 Å². The highest BCUT2D eigenvalue weighted by Gasteiger charge is 1.97. The van der Waals surface area contributed by atoms with Crippen molar-refractivity contribution in [3.05, 3.63) is 60.2 Å². The number of benzene rings is 2. The standard InChI is InChI=1S/C15H17N5/c16-14(17)20-15(18)19-10-11-6-8-13(9-7-11)12-4-2-1-3-5-12/h1-9H,10H2,(H6,16,17,18,19,20). The van der Waals surface area contributed by atoms with Gasteiger partial charge in [0.25, 0.3) is 0 Å². The van der Waals surface area contributed by atoms with Crippen molar-refractivity contribution >= 4 is 11.9 Å². The molecule has 2 aromatic rings. The van der Waals surface area contributed by atoms with Gasteiger partial charge in [-0.05, 0) is 16.7 Å². The van der Waals surface area contributed by atoms with Crippen molar-refractivity contribution in [2.75, 3.05) is 0 Å². The summed E-state index contributed by atoms with van der Waals surface area (Å²) < 4.78 is 0. The Bertz CT molecular complexity index is 610. The zero-order chi connectivity index (χ0) is 14.4. The van der Waals surface area contributed by atoms with Crippen LogP contribution in [0.3, 0.4) is 0 Å². The molecule has 0 saturated carbocycles. The first-order chi connectivity index (χ1) is 9.65. The van der Waals surface area contributed by atoms with Gasteiger partial charge in [0.15, 0.2) is 5.96 Å². The van der Waals surface area contributed by atoms with Crippen molar-refractivity contribution in [3.63, 3.8) is 0 Å². The van der Waals surface area contributed by atoms with E-state index in [1.807, 2.05) is 30.3 Å². The van der Waals surface area contributed by atoms with Gasteiger partial charge in [0, 0.05) is 0 Å². The molecule has 5 nitrogen and oxygen atoms in total. The van der Waals surface area contributed by atoms with Gasteiger partial charge in [0.2, 0.25) is 5.96 Å². The van der Waals surface area contributed by atoms with Crippen molar-refractivity contribution in [1.82, 2.24) is 0 Å². The van der Waals surface area contributed by atoms with Gasteiger partial charge >= 0.3 is 0 Å². The smallest absolute Gasteiger partial charge is 0.218 e. The minimum absolute atomic E-state index is 0.0807. The third kappa shape index (κ3) is 3.84. The van der Waals surface area contributed by atoms with Crippen LogP contribution in [0.1, 0.15) is 5.56 Å². The largest absolute Gasteiger partial charge is 0.370 e. The molecule has 0 saturated heterocycles. The highest BCUT2D eigenvalue weighted by atomic mass is 15.1. The van der Waals surface area contributed by atoms with Crippen LogP contribution in [0.15, 0.2) is 64.6 Å². The quantitative estimate of drug-likeness (QED) is 0.579. The molecule has 0 atom stereocenters. The molecule has 0 unspecified atom stereocenters. The van der Waals surface area contributed by atoms with Crippen LogP contribution in [0.2, 0.25) is 0 Å². The van der Waals surface area contributed by atoms with E-state index in [-0.39, 0.29) is 11.9 Å². The molecule has 0 aliphatic heterocycles. The molecule has 2 aromatic carbocycles. The Hall–Kier alpha value is -2.82. The highest BCUT2D eigenvalue weighted by molar-refractivity contribution is 5.92. The summed E-state index contributed by atoms with van der Waals surface area (Å²) in [4.78, 5) is 7.74. The molecule has 0 aliphatic carbocycles. The second-order valence-electron chi connectivity index (χ2n) is 4.27. The van der Waals surface area contributed by atoms with Crippen LogP contribution in [-0.4, -0.2) is 11.9 Å². The van der Waals surface area contributed by atoms with Crippen LogP contribution in [0.5, 0.6) is 0 Å². The number of hydrogen-bond acceptors (Lipinski definition) is 1. The lowest BCUT2D eigenvalue weighted by Gasteiger charge is -2.03. The predicted octanol–water partition coefficient (Wildman–Crippen LogP) is 1.44. The predicted molar refractivity (Wildman–Crippen MR) is 83.0 cm³/mol. The van der Waals surface area contributed by atoms with E-state index in [1.165, 1.54) is 5.56 Å². The Kier molecular flexibility index (Phi) is 4.34. The molecule has 6 N–H and O–H groups in total. The lowest BCUT2D eigenvalue weighted by Crippen LogP contribution is -2.26. The van der Waals surface area contributed by atoms with Gasteiger partial charge in [-0.25, -0.2) is 4.99 Å². The summed E-state index contributed by atoms with van der Waals surface area (Å²) in [6, 6.07) is 18.3. The molecule has 0 aliphatic rings. The van der Waals surface area contributed by atoms with E-state index in [4.69, 9.17) is 17.2 Å². The number of guanidine groups is 2. The summed E-state index contributed by atoms with van der Waals surface area (Å²) in [7, 11) is 0. The van der Waals surface area contributed by atoms with Crippen molar-refractivity contribution < 1.29 is 0 Å². The van der Waals surface area contributed by atoms with Crippen LogP contribution in [-0.2, 0) is 6.54 Å².